The van der Waals surface area contributed by atoms with Gasteiger partial charge >= 0.3 is 0 Å². The van der Waals surface area contributed by atoms with E-state index in [4.69, 9.17) is 15.0 Å². The quantitative estimate of drug-likeness (QED) is 0.659. The first-order valence-electron chi connectivity index (χ1n) is 8.91. The minimum atomic E-state index is 0. The van der Waals surface area contributed by atoms with Gasteiger partial charge in [-0.3, -0.25) is 15.0 Å². The van der Waals surface area contributed by atoms with E-state index in [1.165, 1.54) is 34.2 Å². The fourth-order valence-electron chi connectivity index (χ4n) is 4.22. The van der Waals surface area contributed by atoms with Crippen molar-refractivity contribution in [1.82, 2.24) is 5.32 Å². The molecule has 5 heterocycles. The van der Waals surface area contributed by atoms with E-state index in [0.29, 0.717) is 12.1 Å². The number of hydrogen-bond acceptors (Lipinski definition) is 4. The Morgan fingerprint density at radius 1 is 0.708 bits per heavy atom. The summed E-state index contributed by atoms with van der Waals surface area (Å²) in [6.45, 7) is 0. The molecule has 0 aromatic rings. The Morgan fingerprint density at radius 2 is 1.33 bits per heavy atom. The molecule has 2 atom stereocenters. The van der Waals surface area contributed by atoms with E-state index in [9.17, 15) is 0 Å². The summed E-state index contributed by atoms with van der Waals surface area (Å²) < 4.78 is 0. The van der Waals surface area contributed by atoms with Gasteiger partial charge in [-0.05, 0) is 69.6 Å². The van der Waals surface area contributed by atoms with Crippen LogP contribution in [0, 0.1) is 0 Å². The van der Waals surface area contributed by atoms with E-state index in [2.05, 4.69) is 23.5 Å². The van der Waals surface area contributed by atoms with Gasteiger partial charge in [-0.2, -0.15) is 0 Å². The van der Waals surface area contributed by atoms with Crippen molar-refractivity contribution in [3.8, 4) is 0 Å². The summed E-state index contributed by atoms with van der Waals surface area (Å²) in [6.07, 6.45) is 15.6. The molecule has 5 aliphatic rings. The zero-order valence-corrected chi connectivity index (χ0v) is 14.8. The third-order valence-corrected chi connectivity index (χ3v) is 5.42. The van der Waals surface area contributed by atoms with Crippen LogP contribution >= 0.6 is 0 Å². The Bertz CT molecular complexity index is 738. The molecule has 5 rings (SSSR count). The van der Waals surface area contributed by atoms with Crippen molar-refractivity contribution in [2.75, 3.05) is 0 Å². The molecule has 2 unspecified atom stereocenters. The van der Waals surface area contributed by atoms with Crippen LogP contribution in [0.15, 0.2) is 50.3 Å². The van der Waals surface area contributed by atoms with Gasteiger partial charge in [0.15, 0.2) is 0 Å². The van der Waals surface area contributed by atoms with Gasteiger partial charge in [0.2, 0.25) is 0 Å². The Morgan fingerprint density at radius 3 is 2.04 bits per heavy atom. The first-order chi connectivity index (χ1) is 11.3. The van der Waals surface area contributed by atoms with Gasteiger partial charge in [-0.25, -0.2) is 0 Å². The molecule has 0 radical (unpaired) electrons. The van der Waals surface area contributed by atoms with Crippen molar-refractivity contribution in [2.24, 2.45) is 15.0 Å². The van der Waals surface area contributed by atoms with E-state index in [1.54, 1.807) is 0 Å². The summed E-state index contributed by atoms with van der Waals surface area (Å²) in [5, 5.41) is 3.57. The maximum Gasteiger partial charge on any atom is 0.0730 e. The summed E-state index contributed by atoms with van der Waals surface area (Å²) in [5.74, 6) is 0. The summed E-state index contributed by atoms with van der Waals surface area (Å²) in [7, 11) is 0. The van der Waals surface area contributed by atoms with Crippen molar-refractivity contribution >= 4 is 17.1 Å². The monoisotopic (exact) mass is 362 g/mol. The third-order valence-electron chi connectivity index (χ3n) is 5.42. The number of nitrogens with one attached hydrogen (secondary N) is 1. The molecule has 8 bridgehead atoms. The standard InChI is InChI=1S/C19H22N4.Fe/c1-3-14-10-16-5-7-18(22-16)19-8-6-17(23-19)11-15-4-2-13(21-15)9-12(1)20-14;/h9-11,18-20H,1-8H2;/b12-9?,14-10?,15-11-;. The van der Waals surface area contributed by atoms with Crippen LogP contribution in [0.4, 0.5) is 0 Å². The van der Waals surface area contributed by atoms with E-state index in [0.717, 1.165) is 51.4 Å². The molecule has 4 nitrogen and oxygen atoms in total. The van der Waals surface area contributed by atoms with Gasteiger partial charge in [0.1, 0.15) is 0 Å². The van der Waals surface area contributed by atoms with Gasteiger partial charge in [0, 0.05) is 51.3 Å². The molecular weight excluding hydrogens is 340 g/mol. The molecule has 1 fully saturated rings. The van der Waals surface area contributed by atoms with Crippen LogP contribution in [0.5, 0.6) is 0 Å². The summed E-state index contributed by atoms with van der Waals surface area (Å²) in [5.41, 5.74) is 7.53. The fraction of sp³-hybridized carbons (Fsp3) is 0.526. The maximum absolute atomic E-state index is 4.97. The number of allylic oxidation sites excluding steroid dienone is 6. The SMILES string of the molecule is C1=C2CCC(=CC3=NC(CC3)C3CCC(=N3)/C=C3/CCC1=N3)N2.[Fe]. The van der Waals surface area contributed by atoms with Crippen LogP contribution in [0.3, 0.4) is 0 Å². The average molecular weight is 362 g/mol. The van der Waals surface area contributed by atoms with Crippen LogP contribution in [0.1, 0.15) is 51.4 Å². The predicted molar refractivity (Wildman–Crippen MR) is 94.2 cm³/mol. The average Bonchev–Trinajstić information content (AvgIpc) is 3.28. The third kappa shape index (κ3) is 3.07. The molecule has 0 spiro atoms. The Balaban J connectivity index is 0.00000146. The Labute approximate surface area is 153 Å². The minimum absolute atomic E-state index is 0. The van der Waals surface area contributed by atoms with Crippen molar-refractivity contribution < 1.29 is 17.1 Å². The number of rotatable bonds is 0. The van der Waals surface area contributed by atoms with Crippen LogP contribution < -0.4 is 5.32 Å². The number of fused-ring (bicyclic) bond motifs is 6. The second-order valence-electron chi connectivity index (χ2n) is 7.16. The minimum Gasteiger partial charge on any atom is -0.362 e. The summed E-state index contributed by atoms with van der Waals surface area (Å²) in [6, 6.07) is 0.778. The van der Waals surface area contributed by atoms with Gasteiger partial charge < -0.3 is 5.32 Å². The normalized spacial score (nSPS) is 32.8. The molecule has 0 aromatic carbocycles. The van der Waals surface area contributed by atoms with E-state index in [-0.39, 0.29) is 17.1 Å². The number of nitrogens with zero attached hydrogens (tertiary/aromatic N) is 3. The smallest absolute Gasteiger partial charge is 0.0730 e. The van der Waals surface area contributed by atoms with Crippen LogP contribution in [0.25, 0.3) is 0 Å². The van der Waals surface area contributed by atoms with Gasteiger partial charge in [0.05, 0.1) is 12.1 Å². The van der Waals surface area contributed by atoms with Crippen LogP contribution in [-0.2, 0) is 17.1 Å². The largest absolute Gasteiger partial charge is 0.362 e. The van der Waals surface area contributed by atoms with E-state index < -0.39 is 0 Å². The second kappa shape index (κ2) is 6.45. The van der Waals surface area contributed by atoms with E-state index in [1.807, 2.05) is 0 Å². The molecule has 5 aliphatic heterocycles. The molecule has 1 N–H and O–H groups in total. The first-order valence-corrected chi connectivity index (χ1v) is 8.91. The topological polar surface area (TPSA) is 49.1 Å². The van der Waals surface area contributed by atoms with Crippen molar-refractivity contribution in [2.45, 2.75) is 63.5 Å². The van der Waals surface area contributed by atoms with Crippen molar-refractivity contribution in [3.05, 3.63) is 35.3 Å². The first kappa shape index (κ1) is 16.0. The van der Waals surface area contributed by atoms with Crippen LogP contribution in [-0.4, -0.2) is 29.2 Å². The van der Waals surface area contributed by atoms with Crippen molar-refractivity contribution in [3.63, 3.8) is 0 Å². The second-order valence-corrected chi connectivity index (χ2v) is 7.16. The van der Waals surface area contributed by atoms with Crippen LogP contribution in [0.2, 0.25) is 0 Å². The molecule has 0 saturated carbocycles. The predicted octanol–water partition coefficient (Wildman–Crippen LogP) is 3.47. The molecular formula is C19H22FeN4. The maximum atomic E-state index is 4.97. The van der Waals surface area contributed by atoms with Gasteiger partial charge in [0.25, 0.3) is 0 Å². The van der Waals surface area contributed by atoms with Gasteiger partial charge in [-0.1, -0.05) is 0 Å². The Kier molecular flexibility index (Phi) is 4.31. The zero-order valence-electron chi connectivity index (χ0n) is 13.7. The number of aliphatic imine (C=N–C) groups is 3. The molecule has 1 saturated heterocycles. The molecule has 0 aliphatic carbocycles. The Hall–Kier alpha value is -1.45. The molecule has 126 valence electrons. The molecule has 0 amide bonds. The molecule has 5 heteroatoms. The molecule has 24 heavy (non-hydrogen) atoms. The number of hydrogen-bond donors (Lipinski definition) is 1. The summed E-state index contributed by atoms with van der Waals surface area (Å²) >= 11 is 0. The van der Waals surface area contributed by atoms with Gasteiger partial charge in [-0.15, -0.1) is 0 Å². The zero-order chi connectivity index (χ0) is 15.2. The fourth-order valence-corrected chi connectivity index (χ4v) is 4.22. The molecule has 0 aromatic heterocycles. The summed E-state index contributed by atoms with van der Waals surface area (Å²) in [4.78, 5) is 14.7. The van der Waals surface area contributed by atoms with E-state index >= 15 is 0 Å². The van der Waals surface area contributed by atoms with Crippen molar-refractivity contribution in [1.29, 1.82) is 0 Å².